The first-order chi connectivity index (χ1) is 14.7. The fourth-order valence-corrected chi connectivity index (χ4v) is 3.27. The van der Waals surface area contributed by atoms with Gasteiger partial charge in [0.05, 0.1) is 17.1 Å². The Morgan fingerprint density at radius 1 is 0.467 bits per heavy atom. The van der Waals surface area contributed by atoms with Crippen molar-refractivity contribution in [2.24, 2.45) is 0 Å². The van der Waals surface area contributed by atoms with Crippen molar-refractivity contribution in [1.29, 1.82) is 0 Å². The first-order valence-electron chi connectivity index (χ1n) is 9.62. The number of pyridine rings is 3. The van der Waals surface area contributed by atoms with E-state index in [-0.39, 0.29) is 0 Å². The van der Waals surface area contributed by atoms with Crippen molar-refractivity contribution in [1.82, 2.24) is 15.0 Å². The Morgan fingerprint density at radius 3 is 1.03 bits per heavy atom. The molecule has 0 spiro atoms. The van der Waals surface area contributed by atoms with Crippen LogP contribution in [-0.2, 0) is 0 Å². The lowest BCUT2D eigenvalue weighted by atomic mass is 9.97. The molecule has 3 nitrogen and oxygen atoms in total. The van der Waals surface area contributed by atoms with Gasteiger partial charge in [0.25, 0.3) is 0 Å². The molecule has 0 fully saturated rings. The fourth-order valence-electron chi connectivity index (χ4n) is 3.27. The molecule has 0 amide bonds. The van der Waals surface area contributed by atoms with Crippen LogP contribution < -0.4 is 0 Å². The van der Waals surface area contributed by atoms with Crippen LogP contribution in [0.25, 0.3) is 52.0 Å². The smallest absolute Gasteiger partial charge is 0.0708 e. The molecule has 4 rings (SSSR count). The van der Waals surface area contributed by atoms with Gasteiger partial charge in [-0.05, 0) is 71.3 Å². The lowest BCUT2D eigenvalue weighted by Gasteiger charge is -2.11. The quantitative estimate of drug-likeness (QED) is 0.365. The summed E-state index contributed by atoms with van der Waals surface area (Å²) >= 11 is 0. The zero-order valence-corrected chi connectivity index (χ0v) is 16.6. The minimum atomic E-state index is 0.871. The normalized spacial score (nSPS) is 10.4. The molecule has 0 aliphatic heterocycles. The number of hydrogen-bond acceptors (Lipinski definition) is 3. The number of rotatable bonds is 6. The van der Waals surface area contributed by atoms with E-state index < -0.39 is 0 Å². The highest BCUT2D eigenvalue weighted by molar-refractivity contribution is 5.79. The second-order valence-electron chi connectivity index (χ2n) is 6.83. The molecule has 0 N–H and O–H groups in total. The Balaban J connectivity index is 1.94. The molecule has 144 valence electrons. The molecule has 30 heavy (non-hydrogen) atoms. The molecule has 0 aliphatic carbocycles. The third-order valence-electron chi connectivity index (χ3n) is 4.88. The molecule has 4 aromatic rings. The summed E-state index contributed by atoms with van der Waals surface area (Å²) in [5, 5.41) is 0. The summed E-state index contributed by atoms with van der Waals surface area (Å²) < 4.78 is 0. The van der Waals surface area contributed by atoms with Gasteiger partial charge in [0.1, 0.15) is 0 Å². The van der Waals surface area contributed by atoms with E-state index in [4.69, 9.17) is 0 Å². The van der Waals surface area contributed by atoms with E-state index in [0.717, 1.165) is 50.5 Å². The molecule has 0 radical (unpaired) electrons. The van der Waals surface area contributed by atoms with Crippen molar-refractivity contribution in [2.45, 2.75) is 0 Å². The van der Waals surface area contributed by atoms with Crippen LogP contribution in [-0.4, -0.2) is 15.0 Å². The van der Waals surface area contributed by atoms with Crippen LogP contribution in [0.15, 0.2) is 92.9 Å². The number of hydrogen-bond donors (Lipinski definition) is 0. The summed E-state index contributed by atoms with van der Waals surface area (Å²) in [6.45, 7) is 11.6. The molecule has 3 heterocycles. The SMILES string of the molecule is C=Cc1ccnc(-c2cc(-c3cc(C=C)ccn3)cc(-c3cc(C=C)ccn3)c2)c1. The average Bonchev–Trinajstić information content (AvgIpc) is 2.83. The maximum absolute atomic E-state index is 4.57. The van der Waals surface area contributed by atoms with Gasteiger partial charge < -0.3 is 0 Å². The second kappa shape index (κ2) is 8.50. The Hall–Kier alpha value is -4.11. The van der Waals surface area contributed by atoms with Crippen LogP contribution >= 0.6 is 0 Å². The maximum atomic E-state index is 4.57. The van der Waals surface area contributed by atoms with Gasteiger partial charge in [-0.15, -0.1) is 0 Å². The largest absolute Gasteiger partial charge is 0.256 e. The molecule has 0 saturated carbocycles. The first-order valence-corrected chi connectivity index (χ1v) is 9.62. The standard InChI is InChI=1S/C27H21N3/c1-4-19-7-10-28-25(13-19)22-16-23(26-14-20(5-2)8-11-29-26)18-24(17-22)27-15-21(6-3)9-12-30-27/h4-18H,1-3H2. The topological polar surface area (TPSA) is 38.7 Å². The summed E-state index contributed by atoms with van der Waals surface area (Å²) in [5.74, 6) is 0. The van der Waals surface area contributed by atoms with Gasteiger partial charge in [0, 0.05) is 35.3 Å². The van der Waals surface area contributed by atoms with Crippen molar-refractivity contribution in [3.8, 4) is 33.8 Å². The Bertz CT molecular complexity index is 1090. The van der Waals surface area contributed by atoms with E-state index in [1.54, 1.807) is 18.6 Å². The third kappa shape index (κ3) is 4.01. The lowest BCUT2D eigenvalue weighted by Crippen LogP contribution is -1.92. The highest BCUT2D eigenvalue weighted by Gasteiger charge is 2.10. The molecule has 3 heteroatoms. The van der Waals surface area contributed by atoms with Crippen LogP contribution in [0.2, 0.25) is 0 Å². The highest BCUT2D eigenvalue weighted by atomic mass is 14.7. The van der Waals surface area contributed by atoms with Crippen molar-refractivity contribution in [3.05, 3.63) is 110 Å². The second-order valence-corrected chi connectivity index (χ2v) is 6.83. The van der Waals surface area contributed by atoms with Crippen LogP contribution in [0.1, 0.15) is 16.7 Å². The molecule has 0 aliphatic rings. The van der Waals surface area contributed by atoms with Gasteiger partial charge in [-0.2, -0.15) is 0 Å². The van der Waals surface area contributed by atoms with Crippen molar-refractivity contribution in [2.75, 3.05) is 0 Å². The lowest BCUT2D eigenvalue weighted by molar-refractivity contribution is 1.29. The average molecular weight is 387 g/mol. The molecule has 0 bridgehead atoms. The summed E-state index contributed by atoms with van der Waals surface area (Å²) in [7, 11) is 0. The molecule has 1 aromatic carbocycles. The van der Waals surface area contributed by atoms with E-state index in [2.05, 4.69) is 52.9 Å². The van der Waals surface area contributed by atoms with E-state index >= 15 is 0 Å². The van der Waals surface area contributed by atoms with Gasteiger partial charge in [-0.1, -0.05) is 38.0 Å². The number of benzene rings is 1. The number of aromatic nitrogens is 3. The minimum Gasteiger partial charge on any atom is -0.256 e. The minimum absolute atomic E-state index is 0.871. The zero-order chi connectivity index (χ0) is 20.9. The Morgan fingerprint density at radius 2 is 0.767 bits per heavy atom. The summed E-state index contributed by atoms with van der Waals surface area (Å²) in [5.41, 5.74) is 8.63. The molecule has 3 aromatic heterocycles. The van der Waals surface area contributed by atoms with Crippen molar-refractivity contribution >= 4 is 18.2 Å². The molecular weight excluding hydrogens is 366 g/mol. The van der Waals surface area contributed by atoms with Gasteiger partial charge in [0.15, 0.2) is 0 Å². The van der Waals surface area contributed by atoms with Crippen LogP contribution in [0, 0.1) is 0 Å². The van der Waals surface area contributed by atoms with E-state index in [9.17, 15) is 0 Å². The van der Waals surface area contributed by atoms with Crippen LogP contribution in [0.3, 0.4) is 0 Å². The Labute approximate surface area is 176 Å². The van der Waals surface area contributed by atoms with E-state index in [0.29, 0.717) is 0 Å². The predicted octanol–water partition coefficient (Wildman–Crippen LogP) is 6.80. The van der Waals surface area contributed by atoms with Gasteiger partial charge in [0.2, 0.25) is 0 Å². The molecule has 0 atom stereocenters. The molecular formula is C27H21N3. The van der Waals surface area contributed by atoms with Crippen molar-refractivity contribution in [3.63, 3.8) is 0 Å². The van der Waals surface area contributed by atoms with Gasteiger partial charge in [-0.3, -0.25) is 15.0 Å². The monoisotopic (exact) mass is 387 g/mol. The molecule has 0 saturated heterocycles. The van der Waals surface area contributed by atoms with Gasteiger partial charge in [-0.25, -0.2) is 0 Å². The summed E-state index contributed by atoms with van der Waals surface area (Å²) in [6.07, 6.45) is 10.9. The van der Waals surface area contributed by atoms with Crippen molar-refractivity contribution < 1.29 is 0 Å². The zero-order valence-electron chi connectivity index (χ0n) is 16.6. The maximum Gasteiger partial charge on any atom is 0.0708 e. The third-order valence-corrected chi connectivity index (χ3v) is 4.88. The summed E-state index contributed by atoms with van der Waals surface area (Å²) in [6, 6.07) is 18.2. The van der Waals surface area contributed by atoms with E-state index in [1.807, 2.05) is 54.6 Å². The highest BCUT2D eigenvalue weighted by Crippen LogP contribution is 2.32. The Kier molecular flexibility index (Phi) is 5.44. The fraction of sp³-hybridized carbons (Fsp3) is 0. The van der Waals surface area contributed by atoms with Gasteiger partial charge >= 0.3 is 0 Å². The number of nitrogens with zero attached hydrogens (tertiary/aromatic N) is 3. The summed E-state index contributed by atoms with van der Waals surface area (Å²) in [4.78, 5) is 13.7. The van der Waals surface area contributed by atoms with Crippen LogP contribution in [0.5, 0.6) is 0 Å². The predicted molar refractivity (Wildman–Crippen MR) is 126 cm³/mol. The van der Waals surface area contributed by atoms with Crippen LogP contribution in [0.4, 0.5) is 0 Å². The van der Waals surface area contributed by atoms with E-state index in [1.165, 1.54) is 0 Å². The first kappa shape index (κ1) is 19.2. The molecule has 0 unspecified atom stereocenters.